The number of anilines is 1. The van der Waals surface area contributed by atoms with Gasteiger partial charge in [0.2, 0.25) is 11.7 Å². The minimum absolute atomic E-state index is 0.414. The van der Waals surface area contributed by atoms with Gasteiger partial charge in [-0.15, -0.1) is 0 Å². The number of rotatable bonds is 4. The molecule has 0 aliphatic rings. The SMILES string of the molecule is CCc1ccc(-c2noc(Cn3cc(N)cn3)n2)cc1. The Morgan fingerprint density at radius 3 is 2.70 bits per heavy atom. The third-order valence-corrected chi connectivity index (χ3v) is 3.04. The maximum Gasteiger partial charge on any atom is 0.248 e. The molecule has 0 radical (unpaired) electrons. The molecule has 0 saturated carbocycles. The molecule has 0 spiro atoms. The fourth-order valence-electron chi connectivity index (χ4n) is 1.93. The van der Waals surface area contributed by atoms with E-state index in [0.717, 1.165) is 12.0 Å². The minimum atomic E-state index is 0.414. The van der Waals surface area contributed by atoms with Crippen LogP contribution in [0.1, 0.15) is 18.4 Å². The molecule has 0 saturated heterocycles. The van der Waals surface area contributed by atoms with Gasteiger partial charge in [-0.2, -0.15) is 10.1 Å². The monoisotopic (exact) mass is 269 g/mol. The summed E-state index contributed by atoms with van der Waals surface area (Å²) in [5.41, 5.74) is 8.44. The summed E-state index contributed by atoms with van der Waals surface area (Å²) < 4.78 is 6.89. The Bertz CT molecular complexity index is 698. The summed E-state index contributed by atoms with van der Waals surface area (Å²) in [7, 11) is 0. The molecule has 2 aromatic heterocycles. The van der Waals surface area contributed by atoms with Crippen LogP contribution in [0, 0.1) is 0 Å². The molecule has 6 nitrogen and oxygen atoms in total. The standard InChI is InChI=1S/C14H15N5O/c1-2-10-3-5-11(6-4-10)14-17-13(20-18-14)9-19-8-12(15)7-16-19/h3-8H,2,9,15H2,1H3. The van der Waals surface area contributed by atoms with Gasteiger partial charge >= 0.3 is 0 Å². The lowest BCUT2D eigenvalue weighted by molar-refractivity contribution is 0.366. The van der Waals surface area contributed by atoms with Gasteiger partial charge in [-0.05, 0) is 12.0 Å². The van der Waals surface area contributed by atoms with Crippen LogP contribution < -0.4 is 5.73 Å². The predicted molar refractivity (Wildman–Crippen MR) is 74.9 cm³/mol. The Balaban J connectivity index is 1.78. The van der Waals surface area contributed by atoms with Gasteiger partial charge in [0.1, 0.15) is 6.54 Å². The van der Waals surface area contributed by atoms with Crippen LogP contribution in [0.4, 0.5) is 5.69 Å². The van der Waals surface area contributed by atoms with Crippen LogP contribution in [-0.4, -0.2) is 19.9 Å². The summed E-state index contributed by atoms with van der Waals surface area (Å²) in [5, 5.41) is 8.07. The van der Waals surface area contributed by atoms with E-state index in [4.69, 9.17) is 10.3 Å². The van der Waals surface area contributed by atoms with Crippen molar-refractivity contribution in [1.29, 1.82) is 0 Å². The number of aromatic nitrogens is 4. The summed E-state index contributed by atoms with van der Waals surface area (Å²) in [5.74, 6) is 1.09. The topological polar surface area (TPSA) is 82.8 Å². The zero-order chi connectivity index (χ0) is 13.9. The van der Waals surface area contributed by atoms with Gasteiger partial charge in [0, 0.05) is 11.8 Å². The number of benzene rings is 1. The third kappa shape index (κ3) is 2.54. The summed E-state index contributed by atoms with van der Waals surface area (Å²) >= 11 is 0. The smallest absolute Gasteiger partial charge is 0.248 e. The van der Waals surface area contributed by atoms with E-state index in [1.807, 2.05) is 12.1 Å². The van der Waals surface area contributed by atoms with Crippen LogP contribution >= 0.6 is 0 Å². The summed E-state index contributed by atoms with van der Waals surface area (Å²) in [4.78, 5) is 4.36. The van der Waals surface area contributed by atoms with E-state index in [2.05, 4.69) is 34.3 Å². The molecule has 102 valence electrons. The van der Waals surface area contributed by atoms with Crippen LogP contribution in [0.15, 0.2) is 41.2 Å². The van der Waals surface area contributed by atoms with Crippen LogP contribution in [-0.2, 0) is 13.0 Å². The van der Waals surface area contributed by atoms with Gasteiger partial charge in [0.15, 0.2) is 0 Å². The molecule has 2 heterocycles. The highest BCUT2D eigenvalue weighted by molar-refractivity contribution is 5.54. The third-order valence-electron chi connectivity index (χ3n) is 3.04. The Kier molecular flexibility index (Phi) is 3.20. The number of hydrogen-bond acceptors (Lipinski definition) is 5. The lowest BCUT2D eigenvalue weighted by Gasteiger charge is -1.97. The van der Waals surface area contributed by atoms with E-state index >= 15 is 0 Å². The quantitative estimate of drug-likeness (QED) is 0.784. The Morgan fingerprint density at radius 2 is 2.05 bits per heavy atom. The molecule has 0 aliphatic heterocycles. The van der Waals surface area contributed by atoms with Crippen molar-refractivity contribution in [2.45, 2.75) is 19.9 Å². The van der Waals surface area contributed by atoms with E-state index in [0.29, 0.717) is 23.9 Å². The second kappa shape index (κ2) is 5.16. The first kappa shape index (κ1) is 12.4. The second-order valence-corrected chi connectivity index (χ2v) is 4.53. The first-order chi connectivity index (χ1) is 9.74. The zero-order valence-electron chi connectivity index (χ0n) is 11.2. The summed E-state index contributed by atoms with van der Waals surface area (Å²) in [6.45, 7) is 2.54. The number of nitrogen functional groups attached to an aromatic ring is 1. The van der Waals surface area contributed by atoms with E-state index in [1.54, 1.807) is 17.1 Å². The normalized spacial score (nSPS) is 10.8. The van der Waals surface area contributed by atoms with Gasteiger partial charge < -0.3 is 10.3 Å². The summed E-state index contributed by atoms with van der Waals surface area (Å²) in [6.07, 6.45) is 4.32. The van der Waals surface area contributed by atoms with Crippen molar-refractivity contribution in [3.05, 3.63) is 48.1 Å². The average molecular weight is 269 g/mol. The number of nitrogens with two attached hydrogens (primary N) is 1. The maximum absolute atomic E-state index is 5.61. The molecule has 0 atom stereocenters. The van der Waals surface area contributed by atoms with E-state index < -0.39 is 0 Å². The number of nitrogens with zero attached hydrogens (tertiary/aromatic N) is 4. The highest BCUT2D eigenvalue weighted by atomic mass is 16.5. The van der Waals surface area contributed by atoms with Crippen LogP contribution in [0.2, 0.25) is 0 Å². The maximum atomic E-state index is 5.61. The molecule has 3 aromatic rings. The van der Waals surface area contributed by atoms with Gasteiger partial charge in [0.05, 0.1) is 11.9 Å². The Hall–Kier alpha value is -2.63. The van der Waals surface area contributed by atoms with Crippen molar-refractivity contribution >= 4 is 5.69 Å². The van der Waals surface area contributed by atoms with Crippen LogP contribution in [0.25, 0.3) is 11.4 Å². The molecule has 0 fully saturated rings. The van der Waals surface area contributed by atoms with E-state index in [1.165, 1.54) is 5.56 Å². The number of hydrogen-bond donors (Lipinski definition) is 1. The van der Waals surface area contributed by atoms with Crippen molar-refractivity contribution < 1.29 is 4.52 Å². The highest BCUT2D eigenvalue weighted by Crippen LogP contribution is 2.17. The Morgan fingerprint density at radius 1 is 1.25 bits per heavy atom. The van der Waals surface area contributed by atoms with Crippen molar-refractivity contribution in [3.63, 3.8) is 0 Å². The lowest BCUT2D eigenvalue weighted by atomic mass is 10.1. The number of aryl methyl sites for hydroxylation is 1. The molecule has 0 aliphatic carbocycles. The molecule has 0 amide bonds. The zero-order valence-corrected chi connectivity index (χ0v) is 11.2. The van der Waals surface area contributed by atoms with Crippen molar-refractivity contribution in [1.82, 2.24) is 19.9 Å². The molecular formula is C14H15N5O. The first-order valence-corrected chi connectivity index (χ1v) is 6.44. The second-order valence-electron chi connectivity index (χ2n) is 4.53. The van der Waals surface area contributed by atoms with Crippen LogP contribution in [0.5, 0.6) is 0 Å². The lowest BCUT2D eigenvalue weighted by Crippen LogP contribution is -2.00. The molecule has 0 unspecified atom stereocenters. The highest BCUT2D eigenvalue weighted by Gasteiger charge is 2.09. The fourth-order valence-corrected chi connectivity index (χ4v) is 1.93. The fraction of sp³-hybridized carbons (Fsp3) is 0.214. The molecule has 6 heteroatoms. The molecule has 20 heavy (non-hydrogen) atoms. The molecule has 0 bridgehead atoms. The van der Waals surface area contributed by atoms with Crippen molar-refractivity contribution in [3.8, 4) is 11.4 Å². The first-order valence-electron chi connectivity index (χ1n) is 6.44. The molecule has 3 rings (SSSR count). The minimum Gasteiger partial charge on any atom is -0.396 e. The van der Waals surface area contributed by atoms with E-state index in [9.17, 15) is 0 Å². The van der Waals surface area contributed by atoms with E-state index in [-0.39, 0.29) is 0 Å². The molecular weight excluding hydrogens is 254 g/mol. The van der Waals surface area contributed by atoms with Gasteiger partial charge in [-0.3, -0.25) is 4.68 Å². The largest absolute Gasteiger partial charge is 0.396 e. The summed E-state index contributed by atoms with van der Waals surface area (Å²) in [6, 6.07) is 8.14. The average Bonchev–Trinajstić information content (AvgIpc) is 3.09. The van der Waals surface area contributed by atoms with Crippen molar-refractivity contribution in [2.24, 2.45) is 0 Å². The Labute approximate surface area is 116 Å². The van der Waals surface area contributed by atoms with Gasteiger partial charge in [-0.25, -0.2) is 0 Å². The molecule has 1 aromatic carbocycles. The van der Waals surface area contributed by atoms with Gasteiger partial charge in [0.25, 0.3) is 0 Å². The predicted octanol–water partition coefficient (Wildman–Crippen LogP) is 2.13. The molecule has 2 N–H and O–H groups in total. The van der Waals surface area contributed by atoms with Crippen molar-refractivity contribution in [2.75, 3.05) is 5.73 Å². The van der Waals surface area contributed by atoms with Crippen LogP contribution in [0.3, 0.4) is 0 Å². The van der Waals surface area contributed by atoms with Gasteiger partial charge in [-0.1, -0.05) is 36.3 Å².